The predicted molar refractivity (Wildman–Crippen MR) is 123 cm³/mol. The van der Waals surface area contributed by atoms with Gasteiger partial charge in [0.25, 0.3) is 10.0 Å². The second kappa shape index (κ2) is 7.75. The molecule has 0 spiro atoms. The number of Topliss-reactive ketones (excluding diaryl/α,β-unsaturated/α-hetero) is 2. The van der Waals surface area contributed by atoms with E-state index >= 15 is 0 Å². The lowest BCUT2D eigenvalue weighted by molar-refractivity contribution is -0.126. The Morgan fingerprint density at radius 2 is 1.88 bits per heavy atom. The maximum absolute atomic E-state index is 13.5. The van der Waals surface area contributed by atoms with Gasteiger partial charge in [-0.05, 0) is 30.2 Å². The van der Waals surface area contributed by atoms with Crippen molar-refractivity contribution in [2.24, 2.45) is 16.0 Å². The van der Waals surface area contributed by atoms with Gasteiger partial charge in [0.05, 0.1) is 11.9 Å². The highest BCUT2D eigenvalue weighted by molar-refractivity contribution is 7.92. The van der Waals surface area contributed by atoms with Gasteiger partial charge >= 0.3 is 0 Å². The fourth-order valence-electron chi connectivity index (χ4n) is 4.23. The highest BCUT2D eigenvalue weighted by Crippen LogP contribution is 2.39. The summed E-state index contributed by atoms with van der Waals surface area (Å²) in [5.74, 6) is -3.07. The SMILES string of the molecule is CCCC1(N)C(=O)C(C2=NS(=O)(=O)c3cc(NS(C)(=O)=O)ccc3N2)C(=O)c2ccccc21. The molecule has 1 heterocycles. The Morgan fingerprint density at radius 1 is 1.18 bits per heavy atom. The molecule has 0 amide bonds. The van der Waals surface area contributed by atoms with Gasteiger partial charge in [0.15, 0.2) is 11.6 Å². The van der Waals surface area contributed by atoms with Crippen LogP contribution < -0.4 is 15.8 Å². The molecule has 12 heteroatoms. The summed E-state index contributed by atoms with van der Waals surface area (Å²) < 4.78 is 54.8. The first kappa shape index (κ1) is 23.1. The monoisotopic (exact) mass is 490 g/mol. The average Bonchev–Trinajstić information content (AvgIpc) is 2.72. The zero-order valence-corrected chi connectivity index (χ0v) is 19.5. The number of fused-ring (bicyclic) bond motifs is 2. The van der Waals surface area contributed by atoms with Gasteiger partial charge in [0, 0.05) is 11.3 Å². The molecule has 0 saturated carbocycles. The molecule has 4 N–H and O–H groups in total. The molecule has 1 aliphatic heterocycles. The van der Waals surface area contributed by atoms with Crippen LogP contribution in [0.25, 0.3) is 0 Å². The van der Waals surface area contributed by atoms with Crippen molar-refractivity contribution < 1.29 is 26.4 Å². The van der Waals surface area contributed by atoms with E-state index in [1.54, 1.807) is 24.3 Å². The van der Waals surface area contributed by atoms with Crippen LogP contribution >= 0.6 is 0 Å². The molecule has 0 fully saturated rings. The van der Waals surface area contributed by atoms with Crippen LogP contribution in [0.15, 0.2) is 51.8 Å². The van der Waals surface area contributed by atoms with Crippen molar-refractivity contribution in [3.05, 3.63) is 53.6 Å². The number of ketones is 2. The lowest BCUT2D eigenvalue weighted by Crippen LogP contribution is -2.57. The van der Waals surface area contributed by atoms with Gasteiger partial charge in [0.1, 0.15) is 22.2 Å². The Bertz CT molecular complexity index is 1430. The maximum atomic E-state index is 13.5. The number of nitrogens with one attached hydrogen (secondary N) is 2. The molecule has 2 aromatic rings. The van der Waals surface area contributed by atoms with Crippen LogP contribution in [0.4, 0.5) is 11.4 Å². The van der Waals surface area contributed by atoms with E-state index in [1.807, 2.05) is 6.92 Å². The zero-order valence-electron chi connectivity index (χ0n) is 17.8. The summed E-state index contributed by atoms with van der Waals surface area (Å²) in [6.45, 7) is 1.86. The van der Waals surface area contributed by atoms with Crippen molar-refractivity contribution in [2.75, 3.05) is 16.3 Å². The second-order valence-electron chi connectivity index (χ2n) is 8.09. The molecule has 2 atom stereocenters. The number of rotatable bonds is 5. The Kier molecular flexibility index (Phi) is 5.42. The lowest BCUT2D eigenvalue weighted by Gasteiger charge is -2.38. The van der Waals surface area contributed by atoms with E-state index in [2.05, 4.69) is 14.4 Å². The normalized spacial score (nSPS) is 23.7. The Balaban J connectivity index is 1.81. The van der Waals surface area contributed by atoms with Gasteiger partial charge in [-0.2, -0.15) is 8.42 Å². The van der Waals surface area contributed by atoms with Crippen LogP contribution in [-0.4, -0.2) is 40.5 Å². The Morgan fingerprint density at radius 3 is 2.55 bits per heavy atom. The minimum Gasteiger partial charge on any atom is -0.341 e. The van der Waals surface area contributed by atoms with Crippen LogP contribution in [-0.2, 0) is 30.4 Å². The van der Waals surface area contributed by atoms with Gasteiger partial charge in [-0.1, -0.05) is 37.6 Å². The molecule has 0 radical (unpaired) electrons. The number of anilines is 2. The van der Waals surface area contributed by atoms with Gasteiger partial charge < -0.3 is 11.1 Å². The molecule has 10 nitrogen and oxygen atoms in total. The third-order valence-electron chi connectivity index (χ3n) is 5.60. The van der Waals surface area contributed by atoms with Gasteiger partial charge in [-0.15, -0.1) is 4.40 Å². The van der Waals surface area contributed by atoms with Crippen molar-refractivity contribution in [2.45, 2.75) is 30.2 Å². The van der Waals surface area contributed by atoms with Crippen molar-refractivity contribution in [1.29, 1.82) is 0 Å². The number of carbonyl (C=O) groups is 2. The first-order valence-corrected chi connectivity index (χ1v) is 13.4. The average molecular weight is 491 g/mol. The molecular weight excluding hydrogens is 468 g/mol. The molecule has 0 aromatic heterocycles. The second-order valence-corrected chi connectivity index (χ2v) is 11.4. The van der Waals surface area contributed by atoms with Crippen LogP contribution in [0, 0.1) is 5.92 Å². The smallest absolute Gasteiger partial charge is 0.286 e. The lowest BCUT2D eigenvalue weighted by atomic mass is 9.68. The molecule has 0 bridgehead atoms. The summed E-state index contributed by atoms with van der Waals surface area (Å²) in [4.78, 5) is 26.5. The number of hydrogen-bond donors (Lipinski definition) is 3. The Hall–Kier alpha value is -3.09. The van der Waals surface area contributed by atoms with Crippen molar-refractivity contribution >= 4 is 48.8 Å². The van der Waals surface area contributed by atoms with Crippen LogP contribution in [0.3, 0.4) is 0 Å². The molecule has 4 rings (SSSR count). The van der Waals surface area contributed by atoms with Crippen molar-refractivity contribution in [3.8, 4) is 0 Å². The third-order valence-corrected chi connectivity index (χ3v) is 7.54. The summed E-state index contributed by atoms with van der Waals surface area (Å²) in [5, 5.41) is 2.78. The summed E-state index contributed by atoms with van der Waals surface area (Å²) >= 11 is 0. The number of sulfonamides is 2. The van der Waals surface area contributed by atoms with Crippen LogP contribution in [0.2, 0.25) is 0 Å². The quantitative estimate of drug-likeness (QED) is 0.532. The number of nitrogens with zero attached hydrogens (tertiary/aromatic N) is 1. The van der Waals surface area contributed by atoms with Crippen molar-refractivity contribution in [3.63, 3.8) is 0 Å². The topological polar surface area (TPSA) is 165 Å². The molecule has 2 aromatic carbocycles. The summed E-state index contributed by atoms with van der Waals surface area (Å²) in [6.07, 6.45) is 1.77. The molecule has 1 aliphatic carbocycles. The van der Waals surface area contributed by atoms with Gasteiger partial charge in [-0.25, -0.2) is 8.42 Å². The standard InChI is InChI=1S/C21H22N4O6S2/c1-3-10-21(22)14-7-5-4-6-13(14)18(26)17(19(21)27)20-23-15-9-8-12(24-32(2,28)29)11-16(15)33(30,31)25-20/h4-9,11,17,24H,3,10,22H2,1-2H3,(H,23,25). The summed E-state index contributed by atoms with van der Waals surface area (Å²) in [6, 6.07) is 10.3. The molecular formula is C21H22N4O6S2. The number of amidine groups is 1. The molecule has 0 saturated heterocycles. The minimum absolute atomic E-state index is 0.0305. The summed E-state index contributed by atoms with van der Waals surface area (Å²) in [7, 11) is -7.98. The highest BCUT2D eigenvalue weighted by atomic mass is 32.2. The summed E-state index contributed by atoms with van der Waals surface area (Å²) in [5.41, 5.74) is 5.81. The van der Waals surface area contributed by atoms with E-state index in [0.29, 0.717) is 12.0 Å². The minimum atomic E-state index is -4.35. The van der Waals surface area contributed by atoms with E-state index in [-0.39, 0.29) is 34.1 Å². The molecule has 2 unspecified atom stereocenters. The Labute approximate surface area is 191 Å². The molecule has 2 aliphatic rings. The number of carbonyl (C=O) groups excluding carboxylic acids is 2. The van der Waals surface area contributed by atoms with E-state index in [9.17, 15) is 26.4 Å². The zero-order chi connectivity index (χ0) is 24.2. The third kappa shape index (κ3) is 3.94. The predicted octanol–water partition coefficient (Wildman–Crippen LogP) is 1.61. The fourth-order valence-corrected chi connectivity index (χ4v) is 5.97. The van der Waals surface area contributed by atoms with Gasteiger partial charge in [-0.3, -0.25) is 14.3 Å². The molecule has 174 valence electrons. The first-order chi connectivity index (χ1) is 15.4. The molecule has 33 heavy (non-hydrogen) atoms. The van der Waals surface area contributed by atoms with Crippen molar-refractivity contribution in [1.82, 2.24) is 0 Å². The first-order valence-electron chi connectivity index (χ1n) is 10.1. The van der Waals surface area contributed by atoms with Crippen LogP contribution in [0.1, 0.15) is 35.7 Å². The number of benzene rings is 2. The van der Waals surface area contributed by atoms with E-state index in [1.165, 1.54) is 12.1 Å². The largest absolute Gasteiger partial charge is 0.341 e. The van der Waals surface area contributed by atoms with Gasteiger partial charge in [0.2, 0.25) is 10.0 Å². The van der Waals surface area contributed by atoms with E-state index < -0.39 is 43.1 Å². The number of hydrogen-bond acceptors (Lipinski definition) is 8. The van der Waals surface area contributed by atoms with E-state index in [4.69, 9.17) is 5.73 Å². The highest BCUT2D eigenvalue weighted by Gasteiger charge is 2.51. The fraction of sp³-hybridized carbons (Fsp3) is 0.286. The van der Waals surface area contributed by atoms with Crippen LogP contribution in [0.5, 0.6) is 0 Å². The maximum Gasteiger partial charge on any atom is 0.286 e. The van der Waals surface area contributed by atoms with E-state index in [0.717, 1.165) is 12.3 Å². The number of nitrogens with two attached hydrogens (primary N) is 1.